The highest BCUT2D eigenvalue weighted by molar-refractivity contribution is 5.97. The van der Waals surface area contributed by atoms with E-state index in [1.165, 1.54) is 18.9 Å². The SMILES string of the molecule is CCC1CC1NCc1ccc(/C(N)=N/O)cc1F. The molecular weight excluding hydrogens is 233 g/mol. The number of nitrogens with one attached hydrogen (secondary N) is 1. The maximum atomic E-state index is 13.8. The molecule has 5 heteroatoms. The van der Waals surface area contributed by atoms with E-state index >= 15 is 0 Å². The van der Waals surface area contributed by atoms with E-state index in [2.05, 4.69) is 17.4 Å². The Morgan fingerprint density at radius 1 is 1.61 bits per heavy atom. The molecule has 1 aromatic rings. The average molecular weight is 251 g/mol. The average Bonchev–Trinajstić information content (AvgIpc) is 3.15. The van der Waals surface area contributed by atoms with E-state index < -0.39 is 0 Å². The van der Waals surface area contributed by atoms with Crippen molar-refractivity contribution in [1.82, 2.24) is 5.32 Å². The topological polar surface area (TPSA) is 70.6 Å². The molecule has 1 aromatic carbocycles. The standard InChI is InChI=1S/C13H18FN3O/c1-2-8-6-12(8)16-7-10-4-3-9(5-11(10)14)13(15)17-18/h3-5,8,12,16,18H,2,6-7H2,1H3,(H2,15,17). The van der Waals surface area contributed by atoms with E-state index in [1.807, 2.05) is 0 Å². The van der Waals surface area contributed by atoms with Gasteiger partial charge in [-0.25, -0.2) is 4.39 Å². The summed E-state index contributed by atoms with van der Waals surface area (Å²) in [6.07, 6.45) is 2.35. The Hall–Kier alpha value is -1.62. The summed E-state index contributed by atoms with van der Waals surface area (Å²) < 4.78 is 13.8. The van der Waals surface area contributed by atoms with Crippen molar-refractivity contribution < 1.29 is 9.60 Å². The second-order valence-electron chi connectivity index (χ2n) is 4.68. The fourth-order valence-corrected chi connectivity index (χ4v) is 2.10. The molecule has 0 radical (unpaired) electrons. The van der Waals surface area contributed by atoms with Crippen LogP contribution in [0, 0.1) is 11.7 Å². The second-order valence-corrected chi connectivity index (χ2v) is 4.68. The lowest BCUT2D eigenvalue weighted by Gasteiger charge is -2.07. The van der Waals surface area contributed by atoms with Gasteiger partial charge in [0.05, 0.1) is 0 Å². The van der Waals surface area contributed by atoms with Gasteiger partial charge in [0, 0.05) is 23.7 Å². The van der Waals surface area contributed by atoms with E-state index in [1.54, 1.807) is 12.1 Å². The molecule has 0 aromatic heterocycles. The van der Waals surface area contributed by atoms with Crippen LogP contribution in [0.2, 0.25) is 0 Å². The molecular formula is C13H18FN3O. The number of nitrogens with two attached hydrogens (primary N) is 1. The molecule has 98 valence electrons. The van der Waals surface area contributed by atoms with E-state index in [4.69, 9.17) is 10.9 Å². The zero-order valence-corrected chi connectivity index (χ0v) is 10.4. The zero-order valence-electron chi connectivity index (χ0n) is 10.4. The number of oxime groups is 1. The Labute approximate surface area is 106 Å². The smallest absolute Gasteiger partial charge is 0.170 e. The summed E-state index contributed by atoms with van der Waals surface area (Å²) in [4.78, 5) is 0. The zero-order chi connectivity index (χ0) is 13.1. The van der Waals surface area contributed by atoms with Crippen LogP contribution < -0.4 is 11.1 Å². The third kappa shape index (κ3) is 2.79. The van der Waals surface area contributed by atoms with E-state index in [0.29, 0.717) is 23.7 Å². The molecule has 4 nitrogen and oxygen atoms in total. The van der Waals surface area contributed by atoms with Gasteiger partial charge in [0.15, 0.2) is 5.84 Å². The van der Waals surface area contributed by atoms with E-state index in [9.17, 15) is 4.39 Å². The van der Waals surface area contributed by atoms with Crippen molar-refractivity contribution >= 4 is 5.84 Å². The normalized spacial score (nSPS) is 23.1. The van der Waals surface area contributed by atoms with Gasteiger partial charge in [-0.3, -0.25) is 0 Å². The fraction of sp³-hybridized carbons (Fsp3) is 0.462. The van der Waals surface area contributed by atoms with E-state index in [0.717, 1.165) is 5.92 Å². The van der Waals surface area contributed by atoms with Crippen LogP contribution in [0.15, 0.2) is 23.4 Å². The first-order chi connectivity index (χ1) is 8.65. The lowest BCUT2D eigenvalue weighted by Crippen LogP contribution is -2.19. The van der Waals surface area contributed by atoms with Gasteiger partial charge in [-0.1, -0.05) is 30.6 Å². The largest absolute Gasteiger partial charge is 0.409 e. The molecule has 0 amide bonds. The van der Waals surface area contributed by atoms with Gasteiger partial charge in [-0.05, 0) is 18.4 Å². The maximum absolute atomic E-state index is 13.8. The van der Waals surface area contributed by atoms with Gasteiger partial charge in [-0.2, -0.15) is 0 Å². The number of benzene rings is 1. The molecule has 0 heterocycles. The molecule has 0 aliphatic heterocycles. The molecule has 18 heavy (non-hydrogen) atoms. The summed E-state index contributed by atoms with van der Waals surface area (Å²) in [6, 6.07) is 5.13. The van der Waals surface area contributed by atoms with Crippen molar-refractivity contribution in [2.24, 2.45) is 16.8 Å². The highest BCUT2D eigenvalue weighted by Gasteiger charge is 2.34. The Morgan fingerprint density at radius 3 is 2.94 bits per heavy atom. The molecule has 0 bridgehead atoms. The highest BCUT2D eigenvalue weighted by atomic mass is 19.1. The molecule has 0 saturated heterocycles. The summed E-state index contributed by atoms with van der Waals surface area (Å²) >= 11 is 0. The van der Waals surface area contributed by atoms with Crippen LogP contribution in [-0.2, 0) is 6.54 Å². The van der Waals surface area contributed by atoms with Crippen molar-refractivity contribution in [2.45, 2.75) is 32.4 Å². The van der Waals surface area contributed by atoms with Crippen LogP contribution in [0.3, 0.4) is 0 Å². The molecule has 1 aliphatic rings. The van der Waals surface area contributed by atoms with Gasteiger partial charge in [-0.15, -0.1) is 0 Å². The van der Waals surface area contributed by atoms with Crippen molar-refractivity contribution in [3.63, 3.8) is 0 Å². The van der Waals surface area contributed by atoms with E-state index in [-0.39, 0.29) is 11.7 Å². The quantitative estimate of drug-likeness (QED) is 0.323. The van der Waals surface area contributed by atoms with Gasteiger partial charge < -0.3 is 16.3 Å². The fourth-order valence-electron chi connectivity index (χ4n) is 2.10. The summed E-state index contributed by atoms with van der Waals surface area (Å²) in [5.41, 5.74) is 6.39. The van der Waals surface area contributed by atoms with Crippen LogP contribution in [0.25, 0.3) is 0 Å². The number of amidine groups is 1. The van der Waals surface area contributed by atoms with Crippen molar-refractivity contribution in [1.29, 1.82) is 0 Å². The first-order valence-corrected chi connectivity index (χ1v) is 6.15. The Bertz CT molecular complexity index is 462. The lowest BCUT2D eigenvalue weighted by molar-refractivity contribution is 0.318. The number of nitrogens with zero attached hydrogens (tertiary/aromatic N) is 1. The summed E-state index contributed by atoms with van der Waals surface area (Å²) in [7, 11) is 0. The van der Waals surface area contributed by atoms with Crippen LogP contribution in [0.1, 0.15) is 30.9 Å². The van der Waals surface area contributed by atoms with Crippen LogP contribution in [-0.4, -0.2) is 17.1 Å². The highest BCUT2D eigenvalue weighted by Crippen LogP contribution is 2.33. The van der Waals surface area contributed by atoms with Crippen LogP contribution >= 0.6 is 0 Å². The minimum Gasteiger partial charge on any atom is -0.409 e. The maximum Gasteiger partial charge on any atom is 0.170 e. The minimum atomic E-state index is -0.333. The first-order valence-electron chi connectivity index (χ1n) is 6.15. The second kappa shape index (κ2) is 5.35. The summed E-state index contributed by atoms with van der Waals surface area (Å²) in [5, 5.41) is 14.7. The van der Waals surface area contributed by atoms with Crippen LogP contribution in [0.5, 0.6) is 0 Å². The number of halogens is 1. The Morgan fingerprint density at radius 2 is 2.39 bits per heavy atom. The van der Waals surface area contributed by atoms with Gasteiger partial charge >= 0.3 is 0 Å². The molecule has 2 rings (SSSR count). The number of rotatable bonds is 5. The van der Waals surface area contributed by atoms with Gasteiger partial charge in [0.25, 0.3) is 0 Å². The Balaban J connectivity index is 1.97. The molecule has 0 spiro atoms. The molecule has 2 unspecified atom stereocenters. The van der Waals surface area contributed by atoms with Crippen LogP contribution in [0.4, 0.5) is 4.39 Å². The summed E-state index contributed by atoms with van der Waals surface area (Å²) in [5.74, 6) is 0.325. The lowest BCUT2D eigenvalue weighted by atomic mass is 10.1. The van der Waals surface area contributed by atoms with Gasteiger partial charge in [0.2, 0.25) is 0 Å². The molecule has 1 aliphatic carbocycles. The van der Waals surface area contributed by atoms with Crippen molar-refractivity contribution in [2.75, 3.05) is 0 Å². The first kappa shape index (κ1) is 12.8. The number of hydrogen-bond donors (Lipinski definition) is 3. The molecule has 2 atom stereocenters. The molecule has 1 fully saturated rings. The predicted octanol–water partition coefficient (Wildman–Crippen LogP) is 1.81. The summed E-state index contributed by atoms with van der Waals surface area (Å²) in [6.45, 7) is 2.68. The third-order valence-electron chi connectivity index (χ3n) is 3.46. The van der Waals surface area contributed by atoms with Crippen molar-refractivity contribution in [3.8, 4) is 0 Å². The molecule has 1 saturated carbocycles. The third-order valence-corrected chi connectivity index (χ3v) is 3.46. The molecule has 4 N–H and O–H groups in total. The van der Waals surface area contributed by atoms with Crippen molar-refractivity contribution in [3.05, 3.63) is 35.1 Å². The predicted molar refractivity (Wildman–Crippen MR) is 67.9 cm³/mol. The monoisotopic (exact) mass is 251 g/mol. The minimum absolute atomic E-state index is 0.0818. The van der Waals surface area contributed by atoms with Gasteiger partial charge in [0.1, 0.15) is 5.82 Å². The Kier molecular flexibility index (Phi) is 3.81. The number of hydrogen-bond acceptors (Lipinski definition) is 3.